The standard InChI is InChI=1S/C13H14F3N3O2/c1-12(21,6-19-8-17-7-18-19)10-3-2-9(5-20)4-11(10)13(14,15)16/h2-4,7-8,20-21H,5-6H2,1H3. The Morgan fingerprint density at radius 2 is 1.95 bits per heavy atom. The number of aliphatic hydroxyl groups is 2. The molecule has 5 nitrogen and oxygen atoms in total. The summed E-state index contributed by atoms with van der Waals surface area (Å²) in [4.78, 5) is 3.68. The average molecular weight is 301 g/mol. The van der Waals surface area contributed by atoms with Crippen LogP contribution in [0, 0.1) is 0 Å². The van der Waals surface area contributed by atoms with Gasteiger partial charge in [0.1, 0.15) is 18.3 Å². The van der Waals surface area contributed by atoms with Crippen molar-refractivity contribution in [2.24, 2.45) is 0 Å². The maximum atomic E-state index is 13.1. The van der Waals surface area contributed by atoms with Gasteiger partial charge in [-0.25, -0.2) is 9.67 Å². The van der Waals surface area contributed by atoms with E-state index in [1.165, 1.54) is 36.4 Å². The summed E-state index contributed by atoms with van der Waals surface area (Å²) in [5, 5.41) is 23.2. The summed E-state index contributed by atoms with van der Waals surface area (Å²) in [5.74, 6) is 0. The zero-order chi connectivity index (χ0) is 15.7. The number of nitrogens with zero attached hydrogens (tertiary/aromatic N) is 3. The smallest absolute Gasteiger partial charge is 0.392 e. The van der Waals surface area contributed by atoms with Crippen LogP contribution in [0.3, 0.4) is 0 Å². The topological polar surface area (TPSA) is 71.2 Å². The summed E-state index contributed by atoms with van der Waals surface area (Å²) in [7, 11) is 0. The van der Waals surface area contributed by atoms with E-state index in [2.05, 4.69) is 10.1 Å². The van der Waals surface area contributed by atoms with Gasteiger partial charge in [0.05, 0.1) is 18.7 Å². The van der Waals surface area contributed by atoms with Crippen molar-refractivity contribution in [3.63, 3.8) is 0 Å². The molecule has 0 aliphatic heterocycles. The van der Waals surface area contributed by atoms with Crippen molar-refractivity contribution in [1.82, 2.24) is 14.8 Å². The van der Waals surface area contributed by atoms with Crippen molar-refractivity contribution in [1.29, 1.82) is 0 Å². The molecule has 2 rings (SSSR count). The second kappa shape index (κ2) is 5.45. The van der Waals surface area contributed by atoms with Crippen LogP contribution in [0.4, 0.5) is 13.2 Å². The number of rotatable bonds is 4. The lowest BCUT2D eigenvalue weighted by Gasteiger charge is -2.27. The first-order valence-electron chi connectivity index (χ1n) is 6.10. The molecule has 0 aliphatic carbocycles. The van der Waals surface area contributed by atoms with Gasteiger partial charge >= 0.3 is 6.18 Å². The molecule has 0 fully saturated rings. The van der Waals surface area contributed by atoms with E-state index in [9.17, 15) is 18.3 Å². The third kappa shape index (κ3) is 3.40. The maximum Gasteiger partial charge on any atom is 0.416 e. The van der Waals surface area contributed by atoms with Crippen LogP contribution in [0.25, 0.3) is 0 Å². The Kier molecular flexibility index (Phi) is 4.02. The van der Waals surface area contributed by atoms with Gasteiger partial charge in [-0.15, -0.1) is 0 Å². The Balaban J connectivity index is 2.46. The monoisotopic (exact) mass is 301 g/mol. The highest BCUT2D eigenvalue weighted by molar-refractivity contribution is 5.37. The van der Waals surface area contributed by atoms with Crippen LogP contribution in [-0.4, -0.2) is 25.0 Å². The Morgan fingerprint density at radius 1 is 1.24 bits per heavy atom. The van der Waals surface area contributed by atoms with Gasteiger partial charge in [-0.1, -0.05) is 12.1 Å². The first-order chi connectivity index (χ1) is 9.74. The molecule has 0 bridgehead atoms. The lowest BCUT2D eigenvalue weighted by Crippen LogP contribution is -2.31. The Hall–Kier alpha value is -1.93. The summed E-state index contributed by atoms with van der Waals surface area (Å²) in [6.45, 7) is 0.598. The Morgan fingerprint density at radius 3 is 2.48 bits per heavy atom. The summed E-state index contributed by atoms with van der Waals surface area (Å²) in [6, 6.07) is 3.36. The van der Waals surface area contributed by atoms with Crippen LogP contribution in [-0.2, 0) is 24.9 Å². The zero-order valence-electron chi connectivity index (χ0n) is 11.2. The van der Waals surface area contributed by atoms with Gasteiger partial charge in [-0.2, -0.15) is 18.3 Å². The van der Waals surface area contributed by atoms with Crippen LogP contribution >= 0.6 is 0 Å². The highest BCUT2D eigenvalue weighted by atomic mass is 19.4. The molecule has 0 aliphatic rings. The molecule has 21 heavy (non-hydrogen) atoms. The predicted molar refractivity (Wildman–Crippen MR) is 67.0 cm³/mol. The number of aromatic nitrogens is 3. The van der Waals surface area contributed by atoms with Gasteiger partial charge in [0, 0.05) is 0 Å². The van der Waals surface area contributed by atoms with Crippen molar-refractivity contribution in [2.45, 2.75) is 31.9 Å². The minimum atomic E-state index is -4.63. The van der Waals surface area contributed by atoms with E-state index in [4.69, 9.17) is 5.11 Å². The highest BCUT2D eigenvalue weighted by Crippen LogP contribution is 2.37. The number of alkyl halides is 3. The fraction of sp³-hybridized carbons (Fsp3) is 0.385. The summed E-state index contributed by atoms with van der Waals surface area (Å²) >= 11 is 0. The first-order valence-corrected chi connectivity index (χ1v) is 6.10. The molecule has 1 atom stereocenters. The number of benzene rings is 1. The lowest BCUT2D eigenvalue weighted by molar-refractivity contribution is -0.140. The molecule has 0 spiro atoms. The number of halogens is 3. The minimum Gasteiger partial charge on any atom is -0.392 e. The molecule has 0 amide bonds. The van der Waals surface area contributed by atoms with E-state index in [-0.39, 0.29) is 17.7 Å². The van der Waals surface area contributed by atoms with Gasteiger partial charge in [0.25, 0.3) is 0 Å². The van der Waals surface area contributed by atoms with E-state index in [0.717, 1.165) is 6.07 Å². The predicted octanol–water partition coefficient (Wildman–Crippen LogP) is 1.70. The zero-order valence-corrected chi connectivity index (χ0v) is 11.2. The van der Waals surface area contributed by atoms with Gasteiger partial charge in [0.2, 0.25) is 0 Å². The van der Waals surface area contributed by atoms with Crippen molar-refractivity contribution < 1.29 is 23.4 Å². The highest BCUT2D eigenvalue weighted by Gasteiger charge is 2.39. The van der Waals surface area contributed by atoms with Crippen LogP contribution < -0.4 is 0 Å². The average Bonchev–Trinajstić information content (AvgIpc) is 2.89. The van der Waals surface area contributed by atoms with Crippen molar-refractivity contribution in [3.05, 3.63) is 47.5 Å². The van der Waals surface area contributed by atoms with E-state index in [1.54, 1.807) is 0 Å². The van der Waals surface area contributed by atoms with Gasteiger partial charge in [0.15, 0.2) is 0 Å². The van der Waals surface area contributed by atoms with Crippen molar-refractivity contribution >= 4 is 0 Å². The van der Waals surface area contributed by atoms with E-state index < -0.39 is 23.9 Å². The van der Waals surface area contributed by atoms with Crippen LogP contribution in [0.2, 0.25) is 0 Å². The molecular formula is C13H14F3N3O2. The number of hydrogen-bond acceptors (Lipinski definition) is 4. The minimum absolute atomic E-state index is 0.127. The molecule has 0 saturated carbocycles. The normalized spacial score (nSPS) is 15.0. The Bertz CT molecular complexity index is 610. The molecule has 0 saturated heterocycles. The fourth-order valence-corrected chi connectivity index (χ4v) is 2.11. The third-order valence-corrected chi connectivity index (χ3v) is 3.09. The molecule has 0 radical (unpaired) electrons. The van der Waals surface area contributed by atoms with Gasteiger partial charge in [-0.05, 0) is 24.1 Å². The molecule has 2 N–H and O–H groups in total. The first kappa shape index (κ1) is 15.5. The lowest BCUT2D eigenvalue weighted by atomic mass is 9.90. The second-order valence-corrected chi connectivity index (χ2v) is 4.90. The van der Waals surface area contributed by atoms with Crippen LogP contribution in [0.5, 0.6) is 0 Å². The largest absolute Gasteiger partial charge is 0.416 e. The van der Waals surface area contributed by atoms with E-state index in [0.29, 0.717) is 0 Å². The fourth-order valence-electron chi connectivity index (χ4n) is 2.11. The molecule has 1 unspecified atom stereocenters. The third-order valence-electron chi connectivity index (χ3n) is 3.09. The molecular weight excluding hydrogens is 287 g/mol. The number of hydrogen-bond donors (Lipinski definition) is 2. The van der Waals surface area contributed by atoms with E-state index >= 15 is 0 Å². The van der Waals surface area contributed by atoms with E-state index in [1.807, 2.05) is 0 Å². The van der Waals surface area contributed by atoms with Gasteiger partial charge < -0.3 is 10.2 Å². The SMILES string of the molecule is CC(O)(Cn1cncn1)c1ccc(CO)cc1C(F)(F)F. The summed E-state index contributed by atoms with van der Waals surface area (Å²) in [5.41, 5.74) is -2.91. The molecule has 2 aromatic rings. The van der Waals surface area contributed by atoms with Crippen LogP contribution in [0.15, 0.2) is 30.9 Å². The Labute approximate surface area is 118 Å². The quantitative estimate of drug-likeness (QED) is 0.901. The van der Waals surface area contributed by atoms with Crippen molar-refractivity contribution in [2.75, 3.05) is 0 Å². The summed E-state index contributed by atoms with van der Waals surface area (Å²) < 4.78 is 40.7. The number of aliphatic hydroxyl groups excluding tert-OH is 1. The van der Waals surface area contributed by atoms with Crippen molar-refractivity contribution in [3.8, 4) is 0 Å². The molecule has 114 valence electrons. The molecule has 1 heterocycles. The molecule has 1 aromatic carbocycles. The summed E-state index contributed by atoms with van der Waals surface area (Å²) in [6.07, 6.45) is -2.09. The molecule has 1 aromatic heterocycles. The van der Waals surface area contributed by atoms with Crippen LogP contribution in [0.1, 0.15) is 23.6 Å². The molecule has 8 heteroatoms. The van der Waals surface area contributed by atoms with Gasteiger partial charge in [-0.3, -0.25) is 0 Å². The second-order valence-electron chi connectivity index (χ2n) is 4.90. The maximum absolute atomic E-state index is 13.1.